The van der Waals surface area contributed by atoms with Crippen LogP contribution in [0.3, 0.4) is 0 Å². The van der Waals surface area contributed by atoms with Crippen LogP contribution in [0.4, 0.5) is 0 Å². The summed E-state index contributed by atoms with van der Waals surface area (Å²) in [6, 6.07) is 6.96. The molecule has 2 aromatic rings. The van der Waals surface area contributed by atoms with Gasteiger partial charge in [-0.15, -0.1) is 0 Å². The fourth-order valence-electron chi connectivity index (χ4n) is 0.981. The van der Waals surface area contributed by atoms with Gasteiger partial charge in [-0.25, -0.2) is 0 Å². The molecule has 0 radical (unpaired) electrons. The second-order valence-electron chi connectivity index (χ2n) is 2.54. The minimum Gasteiger partial charge on any atom is -0.538 e. The normalized spacial score (nSPS) is 10.4. The molecule has 0 atom stereocenters. The Balaban J connectivity index is 2.49. The zero-order valence-electron chi connectivity index (χ0n) is 6.78. The van der Waals surface area contributed by atoms with Crippen molar-refractivity contribution in [3.63, 3.8) is 0 Å². The highest BCUT2D eigenvalue weighted by atomic mass is 127. The lowest BCUT2D eigenvalue weighted by Gasteiger charge is -1.90. The maximum atomic E-state index is 11.0. The van der Waals surface area contributed by atoms with E-state index < -0.39 is 5.95 Å². The van der Waals surface area contributed by atoms with Crippen molar-refractivity contribution in [3.8, 4) is 11.6 Å². The largest absolute Gasteiger partial charge is 0.538 e. The average Bonchev–Trinajstić information content (AvgIpc) is 2.50. The summed E-state index contributed by atoms with van der Waals surface area (Å²) in [7, 11) is 0. The van der Waals surface area contributed by atoms with Crippen molar-refractivity contribution in [2.75, 3.05) is 0 Å². The number of aromatic nitrogens is 2. The van der Waals surface area contributed by atoms with Gasteiger partial charge in [0.1, 0.15) is 0 Å². The van der Waals surface area contributed by atoms with Crippen LogP contribution in [0.2, 0.25) is 5.02 Å². The van der Waals surface area contributed by atoms with Crippen molar-refractivity contribution in [1.29, 1.82) is 0 Å². The molecule has 0 aliphatic heterocycles. The lowest BCUT2D eigenvalue weighted by molar-refractivity contribution is -0.682. The third-order valence-electron chi connectivity index (χ3n) is 1.63. The van der Waals surface area contributed by atoms with Crippen molar-refractivity contribution in [2.24, 2.45) is 0 Å². The number of nitrogens with zero attached hydrogens (tertiary/aromatic N) is 2. The molecule has 0 fully saturated rings. The molecular weight excluding hydrogens is 318 g/mol. The van der Waals surface area contributed by atoms with Gasteiger partial charge in [0.25, 0.3) is 3.70 Å². The Hall–Kier alpha value is -0.820. The fourth-order valence-corrected chi connectivity index (χ4v) is 1.57. The second kappa shape index (κ2) is 3.74. The Morgan fingerprint density at radius 2 is 2.00 bits per heavy atom. The lowest BCUT2D eigenvalue weighted by Crippen LogP contribution is -2.35. The van der Waals surface area contributed by atoms with Crippen LogP contribution in [0.25, 0.3) is 5.69 Å². The summed E-state index contributed by atoms with van der Waals surface area (Å²) in [4.78, 5) is 0. The first-order valence-corrected chi connectivity index (χ1v) is 5.14. The maximum absolute atomic E-state index is 11.0. The monoisotopic (exact) mass is 322 g/mol. The number of rotatable bonds is 1. The van der Waals surface area contributed by atoms with E-state index in [1.807, 2.05) is 22.6 Å². The molecule has 6 heteroatoms. The number of hydrogen-bond acceptors (Lipinski definition) is 3. The molecule has 0 unspecified atom stereocenters. The van der Waals surface area contributed by atoms with E-state index in [0.29, 0.717) is 8.72 Å². The van der Waals surface area contributed by atoms with Gasteiger partial charge >= 0.3 is 0 Å². The SMILES string of the molecule is [O-]c1on[n+](-c2ccc(Cl)cc2)c1I. The molecular formula is C8H4ClIN2O2. The first-order valence-electron chi connectivity index (χ1n) is 3.69. The van der Waals surface area contributed by atoms with E-state index >= 15 is 0 Å². The van der Waals surface area contributed by atoms with Crippen molar-refractivity contribution in [1.82, 2.24) is 5.27 Å². The summed E-state index contributed by atoms with van der Waals surface area (Å²) >= 11 is 7.60. The van der Waals surface area contributed by atoms with Gasteiger partial charge in [-0.1, -0.05) is 11.6 Å². The molecule has 0 spiro atoms. The molecule has 1 aromatic heterocycles. The predicted octanol–water partition coefficient (Wildman–Crippen LogP) is 1.28. The van der Waals surface area contributed by atoms with Crippen LogP contribution in [-0.2, 0) is 0 Å². The number of halogens is 2. The predicted molar refractivity (Wildman–Crippen MR) is 55.2 cm³/mol. The zero-order valence-corrected chi connectivity index (χ0v) is 9.69. The molecule has 0 N–H and O–H groups in total. The average molecular weight is 322 g/mol. The first-order chi connectivity index (χ1) is 6.68. The fraction of sp³-hybridized carbons (Fsp3) is 0. The third kappa shape index (κ3) is 1.69. The van der Waals surface area contributed by atoms with E-state index in [4.69, 9.17) is 11.6 Å². The van der Waals surface area contributed by atoms with E-state index in [0.717, 1.165) is 5.69 Å². The minimum absolute atomic E-state index is 0.407. The summed E-state index contributed by atoms with van der Waals surface area (Å²) in [6.07, 6.45) is 0. The topological polar surface area (TPSA) is 53.0 Å². The minimum atomic E-state index is -0.444. The summed E-state index contributed by atoms with van der Waals surface area (Å²) in [6.45, 7) is 0. The Morgan fingerprint density at radius 1 is 1.36 bits per heavy atom. The van der Waals surface area contributed by atoms with Crippen molar-refractivity contribution in [3.05, 3.63) is 33.0 Å². The molecule has 0 saturated heterocycles. The van der Waals surface area contributed by atoms with Crippen LogP contribution in [0, 0.1) is 3.70 Å². The third-order valence-corrected chi connectivity index (χ3v) is 2.78. The van der Waals surface area contributed by atoms with Crippen molar-refractivity contribution in [2.45, 2.75) is 0 Å². The first kappa shape index (κ1) is 9.72. The van der Waals surface area contributed by atoms with Crippen molar-refractivity contribution < 1.29 is 14.3 Å². The quantitative estimate of drug-likeness (QED) is 0.587. The Labute approximate surface area is 98.2 Å². The summed E-state index contributed by atoms with van der Waals surface area (Å²) in [5, 5.41) is 15.2. The Morgan fingerprint density at radius 3 is 2.50 bits per heavy atom. The van der Waals surface area contributed by atoms with Gasteiger partial charge in [-0.05, 0) is 16.8 Å². The summed E-state index contributed by atoms with van der Waals surface area (Å²) in [5.41, 5.74) is 0.740. The molecule has 4 nitrogen and oxygen atoms in total. The molecule has 1 aromatic carbocycles. The van der Waals surface area contributed by atoms with E-state index in [9.17, 15) is 5.11 Å². The van der Waals surface area contributed by atoms with Gasteiger partial charge < -0.3 is 9.63 Å². The van der Waals surface area contributed by atoms with Crippen LogP contribution in [0.1, 0.15) is 0 Å². The van der Waals surface area contributed by atoms with Gasteiger partial charge in [0, 0.05) is 39.7 Å². The molecule has 2 rings (SSSR count). The number of benzene rings is 1. The van der Waals surface area contributed by atoms with Crippen LogP contribution in [0.15, 0.2) is 28.8 Å². The lowest BCUT2D eigenvalue weighted by atomic mass is 10.3. The van der Waals surface area contributed by atoms with Gasteiger partial charge in [-0.2, -0.15) is 0 Å². The second-order valence-corrected chi connectivity index (χ2v) is 4.00. The maximum Gasteiger partial charge on any atom is 0.298 e. The zero-order chi connectivity index (χ0) is 10.1. The van der Waals surface area contributed by atoms with Gasteiger partial charge in [-0.3, -0.25) is 0 Å². The van der Waals surface area contributed by atoms with E-state index in [1.54, 1.807) is 24.3 Å². The van der Waals surface area contributed by atoms with Crippen LogP contribution >= 0.6 is 34.2 Å². The summed E-state index contributed by atoms with van der Waals surface area (Å²) in [5.74, 6) is -0.444. The van der Waals surface area contributed by atoms with Gasteiger partial charge in [0.05, 0.1) is 5.27 Å². The Kier molecular flexibility index (Phi) is 2.60. The van der Waals surface area contributed by atoms with E-state index in [-0.39, 0.29) is 0 Å². The Bertz CT molecular complexity index is 455. The number of hydrogen-bond donors (Lipinski definition) is 0. The van der Waals surface area contributed by atoms with Crippen molar-refractivity contribution >= 4 is 34.2 Å². The highest BCUT2D eigenvalue weighted by molar-refractivity contribution is 14.1. The molecule has 1 heterocycles. The van der Waals surface area contributed by atoms with Crippen LogP contribution < -0.4 is 9.79 Å². The van der Waals surface area contributed by atoms with Crippen LogP contribution in [0.5, 0.6) is 5.95 Å². The van der Waals surface area contributed by atoms with Crippen LogP contribution in [-0.4, -0.2) is 5.27 Å². The standard InChI is InChI=1S/C8H4ClIN2O2/c9-5-1-3-6(4-2-5)12-7(10)8(13)14-11-12/h1-4H. The van der Waals surface area contributed by atoms with Gasteiger partial charge in [0.15, 0.2) is 5.95 Å². The molecule has 0 bridgehead atoms. The molecule has 14 heavy (non-hydrogen) atoms. The molecule has 0 amide bonds. The smallest absolute Gasteiger partial charge is 0.298 e. The van der Waals surface area contributed by atoms with E-state index in [2.05, 4.69) is 9.79 Å². The highest BCUT2D eigenvalue weighted by Crippen LogP contribution is 2.14. The molecule has 72 valence electrons. The summed E-state index contributed by atoms with van der Waals surface area (Å²) < 4.78 is 6.32. The molecule has 0 aliphatic carbocycles. The molecule has 0 aliphatic rings. The van der Waals surface area contributed by atoms with Gasteiger partial charge in [0.2, 0.25) is 5.69 Å². The van der Waals surface area contributed by atoms with E-state index in [1.165, 1.54) is 4.68 Å². The molecule has 0 saturated carbocycles. The highest BCUT2D eigenvalue weighted by Gasteiger charge is 2.16.